The Morgan fingerprint density at radius 3 is 3.12 bits per heavy atom. The van der Waals surface area contributed by atoms with Gasteiger partial charge in [-0.3, -0.25) is 9.67 Å². The second-order valence-electron chi connectivity index (χ2n) is 3.65. The molecule has 0 bridgehead atoms. The van der Waals surface area contributed by atoms with Crippen molar-refractivity contribution >= 4 is 5.69 Å². The number of aliphatic hydroxyl groups excluding tert-OH is 1. The average Bonchev–Trinajstić information content (AvgIpc) is 2.83. The molecule has 2 rings (SSSR count). The normalized spacial score (nSPS) is 10.4. The standard InChI is InChI=1S/C11H15N5O/c17-6-2-5-16-9-11(14-15-16)8-13-10-3-1-4-12-7-10/h1,3-4,7,9,13,17H,2,5-6,8H2. The van der Waals surface area contributed by atoms with Crippen LogP contribution in [-0.2, 0) is 13.1 Å². The van der Waals surface area contributed by atoms with E-state index >= 15 is 0 Å². The summed E-state index contributed by atoms with van der Waals surface area (Å²) in [6.45, 7) is 1.48. The molecule has 2 aromatic rings. The van der Waals surface area contributed by atoms with Crippen LogP contribution < -0.4 is 5.32 Å². The maximum atomic E-state index is 8.71. The summed E-state index contributed by atoms with van der Waals surface area (Å²) >= 11 is 0. The van der Waals surface area contributed by atoms with Crippen LogP contribution in [0.1, 0.15) is 12.1 Å². The number of nitrogens with one attached hydrogen (secondary N) is 1. The number of anilines is 1. The minimum Gasteiger partial charge on any atom is -0.396 e. The van der Waals surface area contributed by atoms with Crippen LogP contribution in [0.5, 0.6) is 0 Å². The van der Waals surface area contributed by atoms with Crippen molar-refractivity contribution in [1.82, 2.24) is 20.0 Å². The molecule has 2 N–H and O–H groups in total. The van der Waals surface area contributed by atoms with E-state index in [4.69, 9.17) is 5.11 Å². The van der Waals surface area contributed by atoms with Gasteiger partial charge in [0.15, 0.2) is 0 Å². The van der Waals surface area contributed by atoms with Gasteiger partial charge in [-0.1, -0.05) is 5.21 Å². The Kier molecular flexibility index (Phi) is 4.04. The third-order valence-corrected chi connectivity index (χ3v) is 2.27. The molecular formula is C11H15N5O. The van der Waals surface area contributed by atoms with Crippen molar-refractivity contribution in [1.29, 1.82) is 0 Å². The van der Waals surface area contributed by atoms with Crippen molar-refractivity contribution in [3.63, 3.8) is 0 Å². The van der Waals surface area contributed by atoms with Crippen LogP contribution in [0.4, 0.5) is 5.69 Å². The summed E-state index contributed by atoms with van der Waals surface area (Å²) < 4.78 is 1.73. The fourth-order valence-corrected chi connectivity index (χ4v) is 1.42. The summed E-state index contributed by atoms with van der Waals surface area (Å²) in [6, 6.07) is 3.82. The van der Waals surface area contributed by atoms with Gasteiger partial charge in [0.05, 0.1) is 18.4 Å². The van der Waals surface area contributed by atoms with E-state index in [0.29, 0.717) is 19.5 Å². The Bertz CT molecular complexity index is 442. The Balaban J connectivity index is 1.85. The van der Waals surface area contributed by atoms with Gasteiger partial charge in [0.1, 0.15) is 5.69 Å². The Hall–Kier alpha value is -1.95. The molecule has 0 atom stereocenters. The highest BCUT2D eigenvalue weighted by Crippen LogP contribution is 2.04. The second kappa shape index (κ2) is 5.95. The van der Waals surface area contributed by atoms with E-state index in [9.17, 15) is 0 Å². The number of rotatable bonds is 6. The molecule has 0 unspecified atom stereocenters. The highest BCUT2D eigenvalue weighted by molar-refractivity contribution is 5.39. The van der Waals surface area contributed by atoms with Crippen molar-refractivity contribution < 1.29 is 5.11 Å². The third-order valence-electron chi connectivity index (χ3n) is 2.27. The number of aliphatic hydroxyl groups is 1. The van der Waals surface area contributed by atoms with Crippen LogP contribution >= 0.6 is 0 Å². The smallest absolute Gasteiger partial charge is 0.102 e. The molecule has 17 heavy (non-hydrogen) atoms. The maximum Gasteiger partial charge on any atom is 0.102 e. The predicted molar refractivity (Wildman–Crippen MR) is 63.3 cm³/mol. The zero-order valence-electron chi connectivity index (χ0n) is 9.45. The number of pyridine rings is 1. The molecule has 0 aliphatic carbocycles. The highest BCUT2D eigenvalue weighted by atomic mass is 16.3. The van der Waals surface area contributed by atoms with Gasteiger partial charge in [-0.15, -0.1) is 5.10 Å². The fraction of sp³-hybridized carbons (Fsp3) is 0.364. The first kappa shape index (κ1) is 11.5. The van der Waals surface area contributed by atoms with Crippen LogP contribution in [0.15, 0.2) is 30.7 Å². The summed E-state index contributed by atoms with van der Waals surface area (Å²) in [5.41, 5.74) is 1.82. The molecule has 0 fully saturated rings. The van der Waals surface area contributed by atoms with Crippen LogP contribution in [0.3, 0.4) is 0 Å². The van der Waals surface area contributed by atoms with Crippen LogP contribution in [0.25, 0.3) is 0 Å². The lowest BCUT2D eigenvalue weighted by Gasteiger charge is -2.01. The molecule has 0 spiro atoms. The van der Waals surface area contributed by atoms with Crippen molar-refractivity contribution in [3.05, 3.63) is 36.4 Å². The summed E-state index contributed by atoms with van der Waals surface area (Å²) in [6.07, 6.45) is 6.06. The SMILES string of the molecule is OCCCn1cc(CNc2cccnc2)nn1. The zero-order chi connectivity index (χ0) is 11.9. The molecule has 0 aromatic carbocycles. The molecule has 6 nitrogen and oxygen atoms in total. The number of aryl methyl sites for hydroxylation is 1. The second-order valence-corrected chi connectivity index (χ2v) is 3.65. The highest BCUT2D eigenvalue weighted by Gasteiger charge is 2.00. The molecule has 0 aliphatic heterocycles. The van der Waals surface area contributed by atoms with Crippen LogP contribution in [0, 0.1) is 0 Å². The Labute approximate surface area is 99.3 Å². The summed E-state index contributed by atoms with van der Waals surface area (Å²) in [5, 5.41) is 19.9. The van der Waals surface area contributed by atoms with Gasteiger partial charge in [0, 0.05) is 25.5 Å². The van der Waals surface area contributed by atoms with Crippen molar-refractivity contribution in [2.45, 2.75) is 19.5 Å². The van der Waals surface area contributed by atoms with Crippen molar-refractivity contribution in [2.24, 2.45) is 0 Å². The van der Waals surface area contributed by atoms with Gasteiger partial charge >= 0.3 is 0 Å². The minimum atomic E-state index is 0.170. The fourth-order valence-electron chi connectivity index (χ4n) is 1.42. The molecule has 0 saturated heterocycles. The molecule has 0 amide bonds. The third kappa shape index (κ3) is 3.53. The number of hydrogen-bond donors (Lipinski definition) is 2. The molecule has 0 aliphatic rings. The van der Waals surface area contributed by atoms with Gasteiger partial charge in [-0.05, 0) is 18.6 Å². The van der Waals surface area contributed by atoms with E-state index in [1.807, 2.05) is 18.3 Å². The van der Waals surface area contributed by atoms with Crippen LogP contribution in [-0.4, -0.2) is 31.7 Å². The first-order valence-corrected chi connectivity index (χ1v) is 5.52. The maximum absolute atomic E-state index is 8.71. The lowest BCUT2D eigenvalue weighted by molar-refractivity contribution is 0.276. The van der Waals surface area contributed by atoms with E-state index in [2.05, 4.69) is 20.6 Å². The molecule has 2 heterocycles. The Morgan fingerprint density at radius 2 is 2.35 bits per heavy atom. The van der Waals surface area contributed by atoms with Gasteiger partial charge in [-0.25, -0.2) is 0 Å². The molecule has 0 saturated carbocycles. The topological polar surface area (TPSA) is 75.9 Å². The molecule has 2 aromatic heterocycles. The monoisotopic (exact) mass is 233 g/mol. The van der Waals surface area contributed by atoms with Gasteiger partial charge in [0.2, 0.25) is 0 Å². The first-order valence-electron chi connectivity index (χ1n) is 5.52. The van der Waals surface area contributed by atoms with Crippen molar-refractivity contribution in [3.8, 4) is 0 Å². The molecule has 0 radical (unpaired) electrons. The molecular weight excluding hydrogens is 218 g/mol. The van der Waals surface area contributed by atoms with Crippen LogP contribution in [0.2, 0.25) is 0 Å². The first-order chi connectivity index (χ1) is 8.38. The van der Waals surface area contributed by atoms with Gasteiger partial charge < -0.3 is 10.4 Å². The summed E-state index contributed by atoms with van der Waals surface area (Å²) in [4.78, 5) is 4.01. The average molecular weight is 233 g/mol. The number of hydrogen-bond acceptors (Lipinski definition) is 5. The largest absolute Gasteiger partial charge is 0.396 e. The van der Waals surface area contributed by atoms with E-state index in [0.717, 1.165) is 11.4 Å². The van der Waals surface area contributed by atoms with E-state index in [1.54, 1.807) is 17.1 Å². The minimum absolute atomic E-state index is 0.170. The summed E-state index contributed by atoms with van der Waals surface area (Å²) in [5.74, 6) is 0. The number of aromatic nitrogens is 4. The van der Waals surface area contributed by atoms with E-state index in [-0.39, 0.29) is 6.61 Å². The van der Waals surface area contributed by atoms with Gasteiger partial charge in [0.25, 0.3) is 0 Å². The zero-order valence-corrected chi connectivity index (χ0v) is 9.45. The van der Waals surface area contributed by atoms with E-state index in [1.165, 1.54) is 0 Å². The number of nitrogens with zero attached hydrogens (tertiary/aromatic N) is 4. The molecule has 6 heteroatoms. The predicted octanol–water partition coefficient (Wildman–Crippen LogP) is 0.668. The van der Waals surface area contributed by atoms with E-state index < -0.39 is 0 Å². The lowest BCUT2D eigenvalue weighted by atomic mass is 10.4. The van der Waals surface area contributed by atoms with Crippen molar-refractivity contribution in [2.75, 3.05) is 11.9 Å². The quantitative estimate of drug-likeness (QED) is 0.767. The lowest BCUT2D eigenvalue weighted by Crippen LogP contribution is -2.01. The molecule has 90 valence electrons. The van der Waals surface area contributed by atoms with Gasteiger partial charge in [-0.2, -0.15) is 0 Å². The Morgan fingerprint density at radius 1 is 1.41 bits per heavy atom. The summed E-state index contributed by atoms with van der Waals surface area (Å²) in [7, 11) is 0.